The van der Waals surface area contributed by atoms with E-state index in [1.54, 1.807) is 12.2 Å². The van der Waals surface area contributed by atoms with Gasteiger partial charge in [0.25, 0.3) is 0 Å². The molecule has 0 unspecified atom stereocenters. The fourth-order valence-electron chi connectivity index (χ4n) is 2.57. The van der Waals surface area contributed by atoms with Gasteiger partial charge in [-0.2, -0.15) is 0 Å². The Morgan fingerprint density at radius 3 is 1.64 bits per heavy atom. The van der Waals surface area contributed by atoms with Crippen molar-refractivity contribution in [3.05, 3.63) is 44.4 Å². The minimum Gasteiger partial charge on any atom is -0.324 e. The molecule has 28 heavy (non-hydrogen) atoms. The van der Waals surface area contributed by atoms with Crippen LogP contribution >= 0.6 is 63.7 Å². The molecule has 0 saturated carbocycles. The van der Waals surface area contributed by atoms with Gasteiger partial charge >= 0.3 is 0 Å². The minimum atomic E-state index is 0.486. The van der Waals surface area contributed by atoms with Crippen LogP contribution in [-0.4, -0.2) is 39.9 Å². The fourth-order valence-corrected chi connectivity index (χ4v) is 4.14. The number of fused-ring (bicyclic) bond motifs is 8. The lowest BCUT2D eigenvalue weighted by Crippen LogP contribution is -1.88. The molecule has 0 saturated heterocycles. The molecule has 0 amide bonds. The van der Waals surface area contributed by atoms with Gasteiger partial charge in [0.15, 0.2) is 23.3 Å². The van der Waals surface area contributed by atoms with Crippen molar-refractivity contribution >= 4 is 107 Å². The van der Waals surface area contributed by atoms with Gasteiger partial charge < -0.3 is 9.97 Å². The summed E-state index contributed by atoms with van der Waals surface area (Å²) < 4.78 is 2.99. The lowest BCUT2D eigenvalue weighted by atomic mass is 10.5. The number of hydrogen-bond acceptors (Lipinski definition) is 6. The number of nitrogens with one attached hydrogen (secondary N) is 2. The standard InChI is InChI=1S/C16H6Br4N8/c17-5-1-9-21-13(5)26-10-3-7(19)15(23-10)28-12-4-8(20)16(24-12)27-11-2-6(18)14(22-11)25-9/h1-4H,(H2,21,22,23,24,25,26,27,28). The van der Waals surface area contributed by atoms with Crippen LogP contribution in [0.2, 0.25) is 0 Å². The maximum Gasteiger partial charge on any atom is 0.171 e. The first-order valence-corrected chi connectivity index (χ1v) is 10.9. The molecule has 8 nitrogen and oxygen atoms in total. The highest BCUT2D eigenvalue weighted by molar-refractivity contribution is 9.15. The summed E-state index contributed by atoms with van der Waals surface area (Å²) in [5.41, 5.74) is 2.45. The number of nitrogens with zero attached hydrogens (tertiary/aromatic N) is 6. The first-order chi connectivity index (χ1) is 13.4. The molecular weight excluding hydrogens is 624 g/mol. The summed E-state index contributed by atoms with van der Waals surface area (Å²) in [5, 5.41) is 0. The van der Waals surface area contributed by atoms with Gasteiger partial charge in [-0.25, -0.2) is 29.9 Å². The number of aromatic nitrogens is 8. The van der Waals surface area contributed by atoms with Crippen LogP contribution in [0.1, 0.15) is 23.3 Å². The van der Waals surface area contributed by atoms with E-state index < -0.39 is 0 Å². The highest BCUT2D eigenvalue weighted by Crippen LogP contribution is 2.28. The molecule has 2 aliphatic rings. The van der Waals surface area contributed by atoms with Gasteiger partial charge in [0.05, 0.1) is 17.9 Å². The molecule has 5 rings (SSSR count). The molecular formula is C16H6Br4N8. The van der Waals surface area contributed by atoms with E-state index in [0.717, 1.165) is 17.9 Å². The van der Waals surface area contributed by atoms with Crippen LogP contribution in [-0.2, 0) is 0 Å². The lowest BCUT2D eigenvalue weighted by molar-refractivity contribution is 1.06. The molecule has 12 heteroatoms. The molecule has 2 aliphatic heterocycles. The van der Waals surface area contributed by atoms with Crippen LogP contribution in [0.25, 0.3) is 43.7 Å². The average molecular weight is 630 g/mol. The van der Waals surface area contributed by atoms with Gasteiger partial charge in [0, 0.05) is 12.2 Å². The van der Waals surface area contributed by atoms with E-state index in [1.807, 2.05) is 12.1 Å². The van der Waals surface area contributed by atoms with E-state index in [4.69, 9.17) is 0 Å². The number of rotatable bonds is 0. The zero-order chi connectivity index (χ0) is 19.4. The Kier molecular flexibility index (Phi) is 4.53. The summed E-state index contributed by atoms with van der Waals surface area (Å²) in [7, 11) is 0. The quantitative estimate of drug-likeness (QED) is 0.354. The van der Waals surface area contributed by atoms with Crippen molar-refractivity contribution in [1.82, 2.24) is 39.9 Å². The van der Waals surface area contributed by atoms with E-state index in [2.05, 4.69) is 104 Å². The predicted octanol–water partition coefficient (Wildman–Crippen LogP) is 5.21. The van der Waals surface area contributed by atoms with E-state index >= 15 is 0 Å². The van der Waals surface area contributed by atoms with Gasteiger partial charge in [0.1, 0.15) is 22.6 Å². The van der Waals surface area contributed by atoms with Crippen molar-refractivity contribution in [3.63, 3.8) is 0 Å². The SMILES string of the molecule is BrC1=Cc2nc1nc1nc(nc3cc(Br)c(nc4cc(Br)c(n2)[nH]4)[nH]3)C(Br)=C1. The second kappa shape index (κ2) is 6.94. The third-order valence-electron chi connectivity index (χ3n) is 3.76. The molecule has 0 aliphatic carbocycles. The maximum absolute atomic E-state index is 4.58. The van der Waals surface area contributed by atoms with Crippen LogP contribution < -0.4 is 0 Å². The highest BCUT2D eigenvalue weighted by Gasteiger charge is 2.14. The smallest absolute Gasteiger partial charge is 0.171 e. The van der Waals surface area contributed by atoms with E-state index in [0.29, 0.717) is 45.9 Å². The third kappa shape index (κ3) is 3.38. The van der Waals surface area contributed by atoms with Crippen LogP contribution in [0, 0.1) is 0 Å². The van der Waals surface area contributed by atoms with Gasteiger partial charge in [-0.15, -0.1) is 0 Å². The molecule has 0 aromatic carbocycles. The van der Waals surface area contributed by atoms with Crippen LogP contribution in [0.3, 0.4) is 0 Å². The van der Waals surface area contributed by atoms with E-state index in [9.17, 15) is 0 Å². The van der Waals surface area contributed by atoms with Crippen molar-refractivity contribution < 1.29 is 0 Å². The highest BCUT2D eigenvalue weighted by atomic mass is 79.9. The normalized spacial score (nSPS) is 13.4. The summed E-state index contributed by atoms with van der Waals surface area (Å²) >= 11 is 14.0. The summed E-state index contributed by atoms with van der Waals surface area (Å²) in [6.07, 6.45) is 3.57. The van der Waals surface area contributed by atoms with Crippen LogP contribution in [0.15, 0.2) is 21.1 Å². The maximum atomic E-state index is 4.58. The monoisotopic (exact) mass is 626 g/mol. The predicted molar refractivity (Wildman–Crippen MR) is 121 cm³/mol. The Labute approximate surface area is 190 Å². The Hall–Kier alpha value is -1.76. The Balaban J connectivity index is 1.91. The van der Waals surface area contributed by atoms with Gasteiger partial charge in [-0.3, -0.25) is 0 Å². The van der Waals surface area contributed by atoms with Crippen molar-refractivity contribution in [2.24, 2.45) is 0 Å². The van der Waals surface area contributed by atoms with Crippen LogP contribution in [0.4, 0.5) is 0 Å². The Morgan fingerprint density at radius 2 is 1.04 bits per heavy atom. The summed E-state index contributed by atoms with van der Waals surface area (Å²) in [5.74, 6) is 1.98. The van der Waals surface area contributed by atoms with Crippen molar-refractivity contribution in [2.45, 2.75) is 0 Å². The number of H-pyrrole nitrogens is 2. The molecule has 2 N–H and O–H groups in total. The molecule has 0 fully saturated rings. The molecule has 0 radical (unpaired) electrons. The molecule has 0 atom stereocenters. The summed E-state index contributed by atoms with van der Waals surface area (Å²) in [6.45, 7) is 0. The molecule has 138 valence electrons. The number of hydrogen-bond donors (Lipinski definition) is 2. The van der Waals surface area contributed by atoms with Crippen molar-refractivity contribution in [1.29, 1.82) is 0 Å². The van der Waals surface area contributed by atoms with Gasteiger partial charge in [-0.05, 0) is 75.9 Å². The second-order valence-corrected chi connectivity index (χ2v) is 9.14. The summed E-state index contributed by atoms with van der Waals surface area (Å²) in [4.78, 5) is 33.4. The van der Waals surface area contributed by atoms with E-state index in [1.165, 1.54) is 0 Å². The lowest BCUT2D eigenvalue weighted by Gasteiger charge is -1.87. The number of halogens is 4. The zero-order valence-electron chi connectivity index (χ0n) is 13.5. The largest absolute Gasteiger partial charge is 0.324 e. The van der Waals surface area contributed by atoms with Crippen molar-refractivity contribution in [3.8, 4) is 0 Å². The molecule has 3 aromatic heterocycles. The number of aromatic amines is 2. The zero-order valence-corrected chi connectivity index (χ0v) is 19.8. The summed E-state index contributed by atoms with van der Waals surface area (Å²) in [6, 6.07) is 3.67. The molecule has 8 bridgehead atoms. The molecule has 0 spiro atoms. The molecule has 3 aromatic rings. The Bertz CT molecular complexity index is 1370. The third-order valence-corrected chi connectivity index (χ3v) is 6.13. The fraction of sp³-hybridized carbons (Fsp3) is 0. The first kappa shape index (κ1) is 18.3. The second-order valence-electron chi connectivity index (χ2n) is 5.72. The molecule has 5 heterocycles. The average Bonchev–Trinajstić information content (AvgIpc) is 3.33. The van der Waals surface area contributed by atoms with Crippen molar-refractivity contribution in [2.75, 3.05) is 0 Å². The minimum absolute atomic E-state index is 0.486. The van der Waals surface area contributed by atoms with Crippen LogP contribution in [0.5, 0.6) is 0 Å². The van der Waals surface area contributed by atoms with Gasteiger partial charge in [0.2, 0.25) is 0 Å². The Morgan fingerprint density at radius 1 is 0.571 bits per heavy atom. The van der Waals surface area contributed by atoms with Gasteiger partial charge in [-0.1, -0.05) is 0 Å². The van der Waals surface area contributed by atoms with E-state index in [-0.39, 0.29) is 0 Å². The topological polar surface area (TPSA) is 109 Å². The first-order valence-electron chi connectivity index (χ1n) is 7.75.